The van der Waals surface area contributed by atoms with Crippen molar-refractivity contribution in [2.75, 3.05) is 26.8 Å². The lowest BCUT2D eigenvalue weighted by atomic mass is 9.94. The molecule has 0 radical (unpaired) electrons. The zero-order chi connectivity index (χ0) is 11.0. The number of ether oxygens (including phenoxy) is 2. The molecule has 0 saturated heterocycles. The number of benzene rings is 1. The summed E-state index contributed by atoms with van der Waals surface area (Å²) in [7, 11) is 1.96. The van der Waals surface area contributed by atoms with Crippen LogP contribution in [0.25, 0.3) is 0 Å². The number of rotatable bonds is 2. The Labute approximate surface area is 95.8 Å². The van der Waals surface area contributed by atoms with Gasteiger partial charge in [-0.3, -0.25) is 0 Å². The zero-order valence-corrected chi connectivity index (χ0v) is 9.58. The second-order valence-corrected chi connectivity index (χ2v) is 4.39. The summed E-state index contributed by atoms with van der Waals surface area (Å²) in [6.07, 6.45) is 2.22. The highest BCUT2D eigenvalue weighted by atomic mass is 16.5. The maximum atomic E-state index is 5.79. The number of likely N-dealkylation sites (N-methyl/N-ethyl adjacent to an activating group) is 1. The fraction of sp³-hybridized carbons (Fsp3) is 0.538. The Balaban J connectivity index is 2.02. The van der Waals surface area contributed by atoms with Crippen molar-refractivity contribution in [3.63, 3.8) is 0 Å². The van der Waals surface area contributed by atoms with Gasteiger partial charge in [0.25, 0.3) is 0 Å². The fourth-order valence-corrected chi connectivity index (χ4v) is 2.64. The Morgan fingerprint density at radius 2 is 2.25 bits per heavy atom. The second-order valence-electron chi connectivity index (χ2n) is 4.39. The van der Waals surface area contributed by atoms with Crippen LogP contribution in [0.2, 0.25) is 0 Å². The standard InChI is InChI=1S/C13H17NO2/c1-14-8-12-10-3-2-9-4-6-16-13(9)11(10)5-7-15-12/h2-3,12,14H,4-8H2,1H3/t12-/m1/s1. The van der Waals surface area contributed by atoms with Crippen LogP contribution < -0.4 is 10.1 Å². The van der Waals surface area contributed by atoms with Crippen LogP contribution in [0.5, 0.6) is 5.75 Å². The third kappa shape index (κ3) is 1.51. The molecule has 2 aliphatic rings. The monoisotopic (exact) mass is 219 g/mol. The Bertz CT molecular complexity index is 403. The molecule has 86 valence electrons. The van der Waals surface area contributed by atoms with Crippen LogP contribution in [0.1, 0.15) is 22.8 Å². The van der Waals surface area contributed by atoms with E-state index in [1.165, 1.54) is 16.7 Å². The van der Waals surface area contributed by atoms with Crippen molar-refractivity contribution in [3.05, 3.63) is 28.8 Å². The lowest BCUT2D eigenvalue weighted by Gasteiger charge is -2.27. The summed E-state index contributed by atoms with van der Waals surface area (Å²) in [6.45, 7) is 2.51. The third-order valence-electron chi connectivity index (χ3n) is 3.40. The largest absolute Gasteiger partial charge is 0.493 e. The molecule has 0 spiro atoms. The number of hydrogen-bond acceptors (Lipinski definition) is 3. The van der Waals surface area contributed by atoms with E-state index in [4.69, 9.17) is 9.47 Å². The summed E-state index contributed by atoms with van der Waals surface area (Å²) < 4.78 is 11.5. The van der Waals surface area contributed by atoms with Crippen molar-refractivity contribution < 1.29 is 9.47 Å². The summed E-state index contributed by atoms with van der Waals surface area (Å²) in [5, 5.41) is 3.18. The molecule has 0 fully saturated rings. The van der Waals surface area contributed by atoms with Gasteiger partial charge in [0.2, 0.25) is 0 Å². The average Bonchev–Trinajstić information content (AvgIpc) is 2.78. The maximum absolute atomic E-state index is 5.79. The molecular formula is C13H17NO2. The van der Waals surface area contributed by atoms with Gasteiger partial charge in [0.1, 0.15) is 5.75 Å². The van der Waals surface area contributed by atoms with E-state index >= 15 is 0 Å². The fourth-order valence-electron chi connectivity index (χ4n) is 2.64. The predicted molar refractivity (Wildman–Crippen MR) is 62.0 cm³/mol. The smallest absolute Gasteiger partial charge is 0.126 e. The molecule has 0 amide bonds. The molecule has 0 bridgehead atoms. The maximum Gasteiger partial charge on any atom is 0.126 e. The zero-order valence-electron chi connectivity index (χ0n) is 9.58. The highest BCUT2D eigenvalue weighted by Gasteiger charge is 2.26. The number of nitrogens with one attached hydrogen (secondary N) is 1. The molecule has 1 atom stereocenters. The first-order valence-electron chi connectivity index (χ1n) is 5.94. The lowest BCUT2D eigenvalue weighted by Crippen LogP contribution is -2.25. The van der Waals surface area contributed by atoms with E-state index in [0.29, 0.717) is 0 Å². The van der Waals surface area contributed by atoms with E-state index in [-0.39, 0.29) is 6.10 Å². The SMILES string of the molecule is CNC[C@H]1OCCc2c1ccc1c2OCC1. The van der Waals surface area contributed by atoms with E-state index in [9.17, 15) is 0 Å². The third-order valence-corrected chi connectivity index (χ3v) is 3.40. The van der Waals surface area contributed by atoms with Gasteiger partial charge in [0, 0.05) is 18.5 Å². The van der Waals surface area contributed by atoms with Gasteiger partial charge >= 0.3 is 0 Å². The topological polar surface area (TPSA) is 30.5 Å². The van der Waals surface area contributed by atoms with Gasteiger partial charge in [-0.15, -0.1) is 0 Å². The molecule has 3 nitrogen and oxygen atoms in total. The Morgan fingerprint density at radius 3 is 3.12 bits per heavy atom. The Kier molecular flexibility index (Phi) is 2.58. The van der Waals surface area contributed by atoms with Crippen LogP contribution in [0.3, 0.4) is 0 Å². The number of hydrogen-bond donors (Lipinski definition) is 1. The van der Waals surface area contributed by atoms with Crippen molar-refractivity contribution in [2.24, 2.45) is 0 Å². The Hall–Kier alpha value is -1.06. The average molecular weight is 219 g/mol. The molecule has 2 heterocycles. The van der Waals surface area contributed by atoms with Crippen molar-refractivity contribution in [1.82, 2.24) is 5.32 Å². The predicted octanol–water partition coefficient (Wildman–Crippen LogP) is 1.45. The minimum absolute atomic E-state index is 0.184. The lowest BCUT2D eigenvalue weighted by molar-refractivity contribution is 0.0431. The summed E-state index contributed by atoms with van der Waals surface area (Å²) in [5.41, 5.74) is 4.05. The van der Waals surface area contributed by atoms with Gasteiger partial charge in [0.15, 0.2) is 0 Å². The molecule has 0 aliphatic carbocycles. The quantitative estimate of drug-likeness (QED) is 0.816. The van der Waals surface area contributed by atoms with Gasteiger partial charge in [-0.2, -0.15) is 0 Å². The Morgan fingerprint density at radius 1 is 1.31 bits per heavy atom. The molecule has 1 aromatic rings. The first-order valence-corrected chi connectivity index (χ1v) is 5.94. The normalized spacial score (nSPS) is 22.4. The van der Waals surface area contributed by atoms with Crippen LogP contribution in [0, 0.1) is 0 Å². The van der Waals surface area contributed by atoms with Crippen LogP contribution >= 0.6 is 0 Å². The molecule has 2 aliphatic heterocycles. The highest BCUT2D eigenvalue weighted by molar-refractivity contribution is 5.50. The van der Waals surface area contributed by atoms with E-state index in [1.807, 2.05) is 7.05 Å². The van der Waals surface area contributed by atoms with Crippen LogP contribution in [0.4, 0.5) is 0 Å². The van der Waals surface area contributed by atoms with Crippen molar-refractivity contribution >= 4 is 0 Å². The molecule has 16 heavy (non-hydrogen) atoms. The van der Waals surface area contributed by atoms with Gasteiger partial charge in [-0.05, 0) is 24.6 Å². The van der Waals surface area contributed by atoms with E-state index in [0.717, 1.165) is 38.3 Å². The summed E-state index contributed by atoms with van der Waals surface area (Å²) in [5.74, 6) is 1.14. The second kappa shape index (κ2) is 4.07. The van der Waals surface area contributed by atoms with Crippen LogP contribution in [0.15, 0.2) is 12.1 Å². The van der Waals surface area contributed by atoms with E-state index in [1.54, 1.807) is 0 Å². The number of fused-ring (bicyclic) bond motifs is 3. The van der Waals surface area contributed by atoms with Crippen molar-refractivity contribution in [1.29, 1.82) is 0 Å². The van der Waals surface area contributed by atoms with Gasteiger partial charge in [0.05, 0.1) is 19.3 Å². The van der Waals surface area contributed by atoms with Crippen molar-refractivity contribution in [3.8, 4) is 5.75 Å². The first-order chi connectivity index (χ1) is 7.90. The molecule has 0 aromatic heterocycles. The first kappa shape index (κ1) is 10.1. The summed E-state index contributed by atoms with van der Waals surface area (Å²) in [4.78, 5) is 0. The molecule has 3 rings (SSSR count). The molecule has 0 saturated carbocycles. The highest BCUT2D eigenvalue weighted by Crippen LogP contribution is 2.38. The molecule has 0 unspecified atom stereocenters. The molecule has 3 heteroatoms. The van der Waals surface area contributed by atoms with Gasteiger partial charge in [-0.25, -0.2) is 0 Å². The van der Waals surface area contributed by atoms with E-state index < -0.39 is 0 Å². The van der Waals surface area contributed by atoms with Crippen LogP contribution in [-0.2, 0) is 17.6 Å². The van der Waals surface area contributed by atoms with Gasteiger partial charge < -0.3 is 14.8 Å². The van der Waals surface area contributed by atoms with Crippen molar-refractivity contribution in [2.45, 2.75) is 18.9 Å². The summed E-state index contributed by atoms with van der Waals surface area (Å²) in [6, 6.07) is 4.41. The van der Waals surface area contributed by atoms with Crippen LogP contribution in [-0.4, -0.2) is 26.8 Å². The molecule has 1 N–H and O–H groups in total. The van der Waals surface area contributed by atoms with E-state index in [2.05, 4.69) is 17.4 Å². The summed E-state index contributed by atoms with van der Waals surface area (Å²) >= 11 is 0. The minimum atomic E-state index is 0.184. The molecular weight excluding hydrogens is 202 g/mol. The molecule has 1 aromatic carbocycles. The van der Waals surface area contributed by atoms with Gasteiger partial charge in [-0.1, -0.05) is 12.1 Å². The minimum Gasteiger partial charge on any atom is -0.493 e.